The fourth-order valence-electron chi connectivity index (χ4n) is 2.77. The molecule has 0 fully saturated rings. The van der Waals surface area contributed by atoms with Gasteiger partial charge in [0.05, 0.1) is 28.7 Å². The van der Waals surface area contributed by atoms with E-state index < -0.39 is 4.92 Å². The van der Waals surface area contributed by atoms with Crippen molar-refractivity contribution in [1.29, 1.82) is 5.26 Å². The number of aryl methyl sites for hydroxylation is 1. The highest BCUT2D eigenvalue weighted by Crippen LogP contribution is 2.38. The van der Waals surface area contributed by atoms with Gasteiger partial charge in [0.25, 0.3) is 0 Å². The standard InChI is InChI=1S/C21H16ClN3O5/c1-13-20(25(26)27)18(30-24-13)8-7-14-9-17(22)21(19(10-14)28-2)29-12-16-6-4-3-5-15(16)11-23/h3-10H,12H2,1-2H3/b8-7+. The molecule has 0 atom stereocenters. The molecule has 0 saturated heterocycles. The van der Waals surface area contributed by atoms with Gasteiger partial charge in [-0.15, -0.1) is 0 Å². The molecule has 0 aliphatic rings. The first-order chi connectivity index (χ1) is 14.4. The van der Waals surface area contributed by atoms with E-state index in [-0.39, 0.29) is 28.8 Å². The molecule has 1 heterocycles. The Morgan fingerprint density at radius 1 is 1.33 bits per heavy atom. The zero-order chi connectivity index (χ0) is 21.7. The number of hydrogen-bond acceptors (Lipinski definition) is 7. The number of halogens is 1. The maximum Gasteiger partial charge on any atom is 0.338 e. The number of nitriles is 1. The van der Waals surface area contributed by atoms with Gasteiger partial charge in [-0.25, -0.2) is 0 Å². The summed E-state index contributed by atoms with van der Waals surface area (Å²) < 4.78 is 16.2. The summed E-state index contributed by atoms with van der Waals surface area (Å²) in [5.74, 6) is 0.728. The van der Waals surface area contributed by atoms with Crippen LogP contribution >= 0.6 is 11.6 Å². The summed E-state index contributed by atoms with van der Waals surface area (Å²) in [6.07, 6.45) is 3.03. The van der Waals surface area contributed by atoms with Crippen LogP contribution in [0.1, 0.15) is 28.1 Å². The Morgan fingerprint density at radius 3 is 2.80 bits per heavy atom. The fourth-order valence-corrected chi connectivity index (χ4v) is 3.04. The molecule has 1 aromatic heterocycles. The van der Waals surface area contributed by atoms with Gasteiger partial charge in [0, 0.05) is 5.56 Å². The average Bonchev–Trinajstić information content (AvgIpc) is 3.11. The number of nitrogens with zero attached hydrogens (tertiary/aromatic N) is 3. The van der Waals surface area contributed by atoms with Gasteiger partial charge < -0.3 is 14.0 Å². The van der Waals surface area contributed by atoms with Crippen LogP contribution in [0.5, 0.6) is 11.5 Å². The Labute approximate surface area is 177 Å². The van der Waals surface area contributed by atoms with Gasteiger partial charge in [-0.1, -0.05) is 41.0 Å². The second-order valence-electron chi connectivity index (χ2n) is 6.16. The third-order valence-corrected chi connectivity index (χ3v) is 4.51. The van der Waals surface area contributed by atoms with Crippen molar-refractivity contribution < 1.29 is 18.9 Å². The van der Waals surface area contributed by atoms with Crippen molar-refractivity contribution >= 4 is 29.4 Å². The molecule has 30 heavy (non-hydrogen) atoms. The summed E-state index contributed by atoms with van der Waals surface area (Å²) in [6, 6.07) is 12.5. The van der Waals surface area contributed by atoms with Crippen LogP contribution in [-0.2, 0) is 6.61 Å². The minimum absolute atomic E-state index is 0.0287. The Bertz CT molecular complexity index is 1160. The normalized spacial score (nSPS) is 10.7. The molecule has 0 unspecified atom stereocenters. The molecular weight excluding hydrogens is 410 g/mol. The Hall–Kier alpha value is -3.83. The lowest BCUT2D eigenvalue weighted by molar-refractivity contribution is -0.386. The second-order valence-corrected chi connectivity index (χ2v) is 6.57. The van der Waals surface area contributed by atoms with Gasteiger partial charge in [0.1, 0.15) is 6.61 Å². The van der Waals surface area contributed by atoms with E-state index in [1.165, 1.54) is 20.1 Å². The number of rotatable bonds is 7. The number of hydrogen-bond donors (Lipinski definition) is 0. The Morgan fingerprint density at radius 2 is 2.10 bits per heavy atom. The van der Waals surface area contributed by atoms with Gasteiger partial charge in [-0.05, 0) is 36.8 Å². The average molecular weight is 426 g/mol. The zero-order valence-electron chi connectivity index (χ0n) is 16.1. The van der Waals surface area contributed by atoms with E-state index in [0.29, 0.717) is 22.6 Å². The monoisotopic (exact) mass is 425 g/mol. The number of ether oxygens (including phenoxy) is 2. The summed E-state index contributed by atoms with van der Waals surface area (Å²) in [5, 5.41) is 24.2. The van der Waals surface area contributed by atoms with Gasteiger partial charge >= 0.3 is 5.69 Å². The SMILES string of the molecule is COc1cc(/C=C/c2onc(C)c2[N+](=O)[O-])cc(Cl)c1OCc1ccccc1C#N. The van der Waals surface area contributed by atoms with Crippen molar-refractivity contribution in [3.05, 3.63) is 79.7 Å². The molecule has 8 nitrogen and oxygen atoms in total. The van der Waals surface area contributed by atoms with E-state index in [0.717, 1.165) is 5.56 Å². The molecule has 9 heteroatoms. The lowest BCUT2D eigenvalue weighted by atomic mass is 10.1. The van der Waals surface area contributed by atoms with Crippen LogP contribution in [-0.4, -0.2) is 17.2 Å². The minimum atomic E-state index is -0.547. The van der Waals surface area contributed by atoms with E-state index >= 15 is 0 Å². The Kier molecular flexibility index (Phi) is 6.35. The van der Waals surface area contributed by atoms with Gasteiger partial charge in [-0.3, -0.25) is 10.1 Å². The molecule has 0 saturated carbocycles. The maximum absolute atomic E-state index is 11.1. The third kappa shape index (κ3) is 4.42. The predicted octanol–water partition coefficient (Wildman–Crippen LogP) is 5.17. The molecule has 0 amide bonds. The predicted molar refractivity (Wildman–Crippen MR) is 110 cm³/mol. The second kappa shape index (κ2) is 9.11. The van der Waals surface area contributed by atoms with E-state index in [4.69, 9.17) is 25.6 Å². The van der Waals surface area contributed by atoms with Crippen LogP contribution in [0.15, 0.2) is 40.9 Å². The van der Waals surface area contributed by atoms with E-state index in [9.17, 15) is 15.4 Å². The minimum Gasteiger partial charge on any atom is -0.493 e. The summed E-state index contributed by atoms with van der Waals surface area (Å²) in [6.45, 7) is 1.63. The first kappa shape index (κ1) is 20.9. The van der Waals surface area contributed by atoms with Crippen LogP contribution in [0, 0.1) is 28.4 Å². The highest BCUT2D eigenvalue weighted by atomic mass is 35.5. The molecule has 0 aliphatic heterocycles. The van der Waals surface area contributed by atoms with E-state index in [2.05, 4.69) is 11.2 Å². The molecule has 3 rings (SSSR count). The lowest BCUT2D eigenvalue weighted by Crippen LogP contribution is -2.00. The summed E-state index contributed by atoms with van der Waals surface area (Å²) in [5.41, 5.74) is 1.84. The molecular formula is C21H16ClN3O5. The Balaban J connectivity index is 1.86. The molecule has 0 radical (unpaired) electrons. The summed E-state index contributed by atoms with van der Waals surface area (Å²) >= 11 is 6.37. The highest BCUT2D eigenvalue weighted by molar-refractivity contribution is 6.32. The smallest absolute Gasteiger partial charge is 0.338 e. The summed E-state index contributed by atoms with van der Waals surface area (Å²) in [7, 11) is 1.47. The number of methoxy groups -OCH3 is 1. The maximum atomic E-state index is 11.1. The molecule has 0 N–H and O–H groups in total. The highest BCUT2D eigenvalue weighted by Gasteiger charge is 2.22. The van der Waals surface area contributed by atoms with Gasteiger partial charge in [-0.2, -0.15) is 5.26 Å². The number of benzene rings is 2. The van der Waals surface area contributed by atoms with E-state index in [1.54, 1.807) is 36.4 Å². The zero-order valence-corrected chi connectivity index (χ0v) is 16.8. The number of aromatic nitrogens is 1. The van der Waals surface area contributed by atoms with Crippen molar-refractivity contribution in [1.82, 2.24) is 5.16 Å². The molecule has 3 aromatic rings. The molecule has 152 valence electrons. The largest absolute Gasteiger partial charge is 0.493 e. The van der Waals surface area contributed by atoms with Crippen LogP contribution in [0.3, 0.4) is 0 Å². The van der Waals surface area contributed by atoms with Crippen LogP contribution in [0.4, 0.5) is 5.69 Å². The van der Waals surface area contributed by atoms with Crippen molar-refractivity contribution in [3.63, 3.8) is 0 Å². The van der Waals surface area contributed by atoms with Crippen molar-refractivity contribution in [2.75, 3.05) is 7.11 Å². The first-order valence-corrected chi connectivity index (χ1v) is 9.09. The quantitative estimate of drug-likeness (QED) is 0.379. The van der Waals surface area contributed by atoms with Crippen LogP contribution < -0.4 is 9.47 Å². The van der Waals surface area contributed by atoms with Crippen LogP contribution in [0.25, 0.3) is 12.2 Å². The van der Waals surface area contributed by atoms with Gasteiger partial charge in [0.2, 0.25) is 5.76 Å². The lowest BCUT2D eigenvalue weighted by Gasteiger charge is -2.14. The summed E-state index contributed by atoms with van der Waals surface area (Å²) in [4.78, 5) is 10.6. The molecule has 0 aliphatic carbocycles. The molecule has 0 spiro atoms. The topological polar surface area (TPSA) is 111 Å². The first-order valence-electron chi connectivity index (χ1n) is 8.71. The van der Waals surface area contributed by atoms with Crippen molar-refractivity contribution in [2.24, 2.45) is 0 Å². The van der Waals surface area contributed by atoms with E-state index in [1.807, 2.05) is 6.07 Å². The van der Waals surface area contributed by atoms with Crippen LogP contribution in [0.2, 0.25) is 5.02 Å². The molecule has 2 aromatic carbocycles. The van der Waals surface area contributed by atoms with Gasteiger partial charge in [0.15, 0.2) is 17.2 Å². The van der Waals surface area contributed by atoms with Crippen molar-refractivity contribution in [3.8, 4) is 17.6 Å². The third-order valence-electron chi connectivity index (χ3n) is 4.23. The molecule has 0 bridgehead atoms. The fraction of sp³-hybridized carbons (Fsp3) is 0.143. The van der Waals surface area contributed by atoms with Crippen molar-refractivity contribution in [2.45, 2.75) is 13.5 Å². The number of nitro groups is 1.